The van der Waals surface area contributed by atoms with Crippen LogP contribution < -0.4 is 0 Å². The normalized spacial score (nSPS) is 35.3. The fraction of sp³-hybridized carbons (Fsp3) is 0.744. The summed E-state index contributed by atoms with van der Waals surface area (Å²) in [6, 6.07) is 10.9. The van der Waals surface area contributed by atoms with Crippen molar-refractivity contribution >= 4 is 5.57 Å². The maximum Gasteiger partial charge on any atom is -0.00851 e. The number of allylic oxidation sites excluding steroid dienone is 3. The minimum Gasteiger partial charge on any atom is -0.0952 e. The van der Waals surface area contributed by atoms with E-state index in [-0.39, 0.29) is 0 Å². The second-order valence-corrected chi connectivity index (χ2v) is 15.0. The average molecular weight is 531 g/mol. The minimum atomic E-state index is 0.476. The molecule has 7 atom stereocenters. The summed E-state index contributed by atoms with van der Waals surface area (Å²) in [5.41, 5.74) is 5.62. The van der Waals surface area contributed by atoms with E-state index >= 15 is 0 Å². The molecule has 0 nitrogen and oxygen atoms in total. The van der Waals surface area contributed by atoms with E-state index in [0.29, 0.717) is 10.8 Å². The molecule has 1 aromatic rings. The van der Waals surface area contributed by atoms with Crippen LogP contribution in [0.25, 0.3) is 5.57 Å². The Morgan fingerprint density at radius 2 is 1.67 bits per heavy atom. The van der Waals surface area contributed by atoms with Crippen LogP contribution >= 0.6 is 0 Å². The molecule has 0 N–H and O–H groups in total. The lowest BCUT2D eigenvalue weighted by Gasteiger charge is -2.58. The lowest BCUT2D eigenvalue weighted by atomic mass is 9.46. The van der Waals surface area contributed by atoms with Crippen molar-refractivity contribution in [3.63, 3.8) is 0 Å². The van der Waals surface area contributed by atoms with Crippen molar-refractivity contribution in [3.05, 3.63) is 54.1 Å². The zero-order valence-corrected chi connectivity index (χ0v) is 26.7. The highest BCUT2D eigenvalue weighted by molar-refractivity contribution is 5.63. The third kappa shape index (κ3) is 6.79. The topological polar surface area (TPSA) is 0 Å². The van der Waals surface area contributed by atoms with Crippen molar-refractivity contribution in [2.45, 2.75) is 138 Å². The lowest BCUT2D eigenvalue weighted by molar-refractivity contribution is -0.0454. The molecule has 218 valence electrons. The fourth-order valence-corrected chi connectivity index (χ4v) is 9.58. The predicted octanol–water partition coefficient (Wildman–Crippen LogP) is 12.3. The summed E-state index contributed by atoms with van der Waals surface area (Å²) in [6.45, 7) is 19.0. The lowest BCUT2D eigenvalue weighted by Crippen LogP contribution is -2.50. The van der Waals surface area contributed by atoms with E-state index in [0.717, 1.165) is 35.5 Å². The highest BCUT2D eigenvalue weighted by Crippen LogP contribution is 2.67. The molecular formula is C39H62. The molecule has 0 heteroatoms. The summed E-state index contributed by atoms with van der Waals surface area (Å²) in [6.07, 6.45) is 24.0. The Bertz CT molecular complexity index is 934. The molecule has 0 saturated heterocycles. The molecule has 0 amide bonds. The highest BCUT2D eigenvalue weighted by Gasteiger charge is 2.58. The molecule has 3 saturated carbocycles. The summed E-state index contributed by atoms with van der Waals surface area (Å²) in [7, 11) is 0. The highest BCUT2D eigenvalue weighted by atomic mass is 14.6. The monoisotopic (exact) mass is 530 g/mol. The molecule has 0 radical (unpaired) electrons. The largest absolute Gasteiger partial charge is 0.0952 e. The van der Waals surface area contributed by atoms with Gasteiger partial charge in [-0.25, -0.2) is 0 Å². The maximum absolute atomic E-state index is 4.47. The van der Waals surface area contributed by atoms with E-state index in [9.17, 15) is 0 Å². The van der Waals surface area contributed by atoms with Gasteiger partial charge in [0.1, 0.15) is 0 Å². The first-order valence-corrected chi connectivity index (χ1v) is 17.2. The summed E-state index contributed by atoms with van der Waals surface area (Å²) in [5, 5.41) is 0. The standard InChI is InChI=1S/C35H52.C4H10/c1-25(2)11-9-10-14-29-16-18-32-31-17-15-30-24-27(23-26(3)28-12-7-6-8-13-28)19-21-35(30,5)33(31)20-22-34(29,32)4;1-3-4-2/h6-8,12-13,15,25,27,29,31-33H,3,9-11,14,16-24H2,1-2,4-5H3;3-4H2,1-2H3/t27?,29?,31?,32?,33?,34-,35+;/m1./s1. The number of hydrogen-bond acceptors (Lipinski definition) is 0. The molecule has 1 aromatic carbocycles. The molecule has 0 aromatic heterocycles. The first-order chi connectivity index (χ1) is 18.7. The second kappa shape index (κ2) is 13.6. The van der Waals surface area contributed by atoms with E-state index in [1.54, 1.807) is 0 Å². The van der Waals surface area contributed by atoms with Gasteiger partial charge in [0.05, 0.1) is 0 Å². The zero-order chi connectivity index (χ0) is 28.0. The predicted molar refractivity (Wildman–Crippen MR) is 173 cm³/mol. The Kier molecular flexibility index (Phi) is 10.7. The molecule has 3 fully saturated rings. The molecule has 4 aliphatic carbocycles. The Morgan fingerprint density at radius 1 is 0.923 bits per heavy atom. The third-order valence-corrected chi connectivity index (χ3v) is 12.2. The van der Waals surface area contributed by atoms with Crippen molar-refractivity contribution in [1.29, 1.82) is 0 Å². The van der Waals surface area contributed by atoms with E-state index in [4.69, 9.17) is 0 Å². The van der Waals surface area contributed by atoms with E-state index in [1.807, 2.05) is 5.57 Å². The van der Waals surface area contributed by atoms with Crippen LogP contribution in [0.5, 0.6) is 0 Å². The molecular weight excluding hydrogens is 468 g/mol. The van der Waals surface area contributed by atoms with Crippen LogP contribution in [0, 0.1) is 46.3 Å². The molecule has 4 aliphatic rings. The summed E-state index contributed by atoms with van der Waals surface area (Å²) < 4.78 is 0. The van der Waals surface area contributed by atoms with Crippen molar-refractivity contribution in [2.75, 3.05) is 0 Å². The summed E-state index contributed by atoms with van der Waals surface area (Å²) in [4.78, 5) is 0. The molecule has 0 aliphatic heterocycles. The van der Waals surface area contributed by atoms with Gasteiger partial charge in [0.2, 0.25) is 0 Å². The van der Waals surface area contributed by atoms with Gasteiger partial charge in [-0.3, -0.25) is 0 Å². The third-order valence-electron chi connectivity index (χ3n) is 12.2. The number of fused-ring (bicyclic) bond motifs is 5. The molecule has 0 spiro atoms. The van der Waals surface area contributed by atoms with E-state index in [1.165, 1.54) is 107 Å². The zero-order valence-electron chi connectivity index (χ0n) is 26.7. The summed E-state index contributed by atoms with van der Waals surface area (Å²) >= 11 is 0. The maximum atomic E-state index is 4.47. The van der Waals surface area contributed by atoms with Gasteiger partial charge in [0, 0.05) is 0 Å². The van der Waals surface area contributed by atoms with Crippen molar-refractivity contribution in [2.24, 2.45) is 46.3 Å². The number of hydrogen-bond donors (Lipinski definition) is 0. The SMILES string of the molecule is C=C(CC1CC[C@@]2(C)C(=CCC3C4CCC(CCCCC(C)C)[C@@]4(C)CCC32)C1)c1ccccc1.CCCC. The minimum absolute atomic E-state index is 0.476. The van der Waals surface area contributed by atoms with Crippen LogP contribution in [-0.2, 0) is 0 Å². The van der Waals surface area contributed by atoms with Crippen LogP contribution in [0.2, 0.25) is 0 Å². The molecule has 0 bridgehead atoms. The van der Waals surface area contributed by atoms with Gasteiger partial charge in [0.15, 0.2) is 0 Å². The number of benzene rings is 1. The van der Waals surface area contributed by atoms with Gasteiger partial charge < -0.3 is 0 Å². The van der Waals surface area contributed by atoms with Gasteiger partial charge in [-0.2, -0.15) is 0 Å². The summed E-state index contributed by atoms with van der Waals surface area (Å²) in [5.74, 6) is 5.54. The second-order valence-electron chi connectivity index (χ2n) is 15.0. The fourth-order valence-electron chi connectivity index (χ4n) is 9.58. The first-order valence-electron chi connectivity index (χ1n) is 17.2. The van der Waals surface area contributed by atoms with Crippen LogP contribution in [0.15, 0.2) is 48.6 Å². The molecule has 5 unspecified atom stereocenters. The molecule has 5 rings (SSSR count). The van der Waals surface area contributed by atoms with Gasteiger partial charge >= 0.3 is 0 Å². The van der Waals surface area contributed by atoms with Crippen LogP contribution in [0.3, 0.4) is 0 Å². The van der Waals surface area contributed by atoms with Crippen LogP contribution in [0.1, 0.15) is 143 Å². The van der Waals surface area contributed by atoms with Gasteiger partial charge in [0.25, 0.3) is 0 Å². The van der Waals surface area contributed by atoms with E-state index in [2.05, 4.69) is 84.5 Å². The molecule has 39 heavy (non-hydrogen) atoms. The number of unbranched alkanes of at least 4 members (excludes halogenated alkanes) is 2. The van der Waals surface area contributed by atoms with Crippen molar-refractivity contribution in [1.82, 2.24) is 0 Å². The van der Waals surface area contributed by atoms with Crippen molar-refractivity contribution in [3.8, 4) is 0 Å². The van der Waals surface area contributed by atoms with Crippen LogP contribution in [0.4, 0.5) is 0 Å². The van der Waals surface area contributed by atoms with E-state index < -0.39 is 0 Å². The van der Waals surface area contributed by atoms with Gasteiger partial charge in [-0.05, 0) is 122 Å². The average Bonchev–Trinajstić information content (AvgIpc) is 3.28. The Hall–Kier alpha value is -1.30. The van der Waals surface area contributed by atoms with Crippen molar-refractivity contribution < 1.29 is 0 Å². The Morgan fingerprint density at radius 3 is 2.36 bits per heavy atom. The van der Waals surface area contributed by atoms with Gasteiger partial charge in [-0.15, -0.1) is 0 Å². The quantitative estimate of drug-likeness (QED) is 0.220. The smallest absolute Gasteiger partial charge is 0.00851 e. The van der Waals surface area contributed by atoms with Crippen LogP contribution in [-0.4, -0.2) is 0 Å². The van der Waals surface area contributed by atoms with Gasteiger partial charge in [-0.1, -0.05) is 122 Å². The molecule has 0 heterocycles. The Balaban J connectivity index is 0.000000826. The first kappa shape index (κ1) is 30.7. The number of rotatable bonds is 9. The Labute approximate surface area is 243 Å².